The van der Waals surface area contributed by atoms with Crippen LogP contribution in [0.5, 0.6) is 11.5 Å². The molecule has 2 aromatic rings. The van der Waals surface area contributed by atoms with Crippen molar-refractivity contribution in [2.75, 3.05) is 20.3 Å². The number of methoxy groups -OCH3 is 1. The van der Waals surface area contributed by atoms with Gasteiger partial charge >= 0.3 is 5.97 Å². The van der Waals surface area contributed by atoms with E-state index >= 15 is 0 Å². The molecular formula is C17H16ClNO5. The van der Waals surface area contributed by atoms with Crippen LogP contribution in [0, 0.1) is 0 Å². The van der Waals surface area contributed by atoms with Crippen molar-refractivity contribution in [3.8, 4) is 11.5 Å². The lowest BCUT2D eigenvalue weighted by molar-refractivity contribution is 0.0449. The first-order chi connectivity index (χ1) is 11.6. The molecule has 2 rings (SSSR count). The Morgan fingerprint density at radius 1 is 1.17 bits per heavy atom. The van der Waals surface area contributed by atoms with Crippen LogP contribution >= 0.6 is 11.6 Å². The molecule has 126 valence electrons. The van der Waals surface area contributed by atoms with E-state index in [1.54, 1.807) is 42.5 Å². The summed E-state index contributed by atoms with van der Waals surface area (Å²) in [5, 5.41) is 12.0. The van der Waals surface area contributed by atoms with Gasteiger partial charge in [-0.1, -0.05) is 16.8 Å². The monoisotopic (exact) mass is 349 g/mol. The number of carbonyl (C=O) groups excluding carboxylic acids is 1. The highest BCUT2D eigenvalue weighted by Crippen LogP contribution is 2.27. The number of nitrogens with zero attached hydrogens (tertiary/aromatic N) is 1. The molecule has 0 bridgehead atoms. The van der Waals surface area contributed by atoms with Crippen LogP contribution < -0.4 is 9.47 Å². The Kier molecular flexibility index (Phi) is 6.45. The van der Waals surface area contributed by atoms with E-state index in [0.717, 1.165) is 0 Å². The smallest absolute Gasteiger partial charge is 0.338 e. The highest BCUT2D eigenvalue weighted by atomic mass is 35.5. The zero-order valence-corrected chi connectivity index (χ0v) is 13.7. The maximum atomic E-state index is 11.8. The minimum Gasteiger partial charge on any atom is -0.493 e. The summed E-state index contributed by atoms with van der Waals surface area (Å²) in [5.74, 6) is 0.531. The Morgan fingerprint density at radius 3 is 2.58 bits per heavy atom. The van der Waals surface area contributed by atoms with Crippen LogP contribution in [-0.2, 0) is 4.74 Å². The zero-order valence-electron chi connectivity index (χ0n) is 12.9. The van der Waals surface area contributed by atoms with Gasteiger partial charge in [-0.25, -0.2) is 4.79 Å². The largest absolute Gasteiger partial charge is 0.493 e. The van der Waals surface area contributed by atoms with Gasteiger partial charge in [0, 0.05) is 10.6 Å². The second kappa shape index (κ2) is 8.79. The highest BCUT2D eigenvalue weighted by molar-refractivity contribution is 6.30. The quantitative estimate of drug-likeness (QED) is 0.272. The van der Waals surface area contributed by atoms with Crippen molar-refractivity contribution in [1.82, 2.24) is 0 Å². The van der Waals surface area contributed by atoms with Gasteiger partial charge in [0.1, 0.15) is 13.2 Å². The molecule has 0 unspecified atom stereocenters. The molecule has 0 atom stereocenters. The average Bonchev–Trinajstić information content (AvgIpc) is 2.60. The third kappa shape index (κ3) is 4.89. The molecule has 24 heavy (non-hydrogen) atoms. The first-order valence-corrected chi connectivity index (χ1v) is 7.43. The molecule has 0 spiro atoms. The maximum absolute atomic E-state index is 11.8. The van der Waals surface area contributed by atoms with Crippen molar-refractivity contribution in [3.05, 3.63) is 58.6 Å². The molecule has 0 saturated heterocycles. The molecule has 0 aliphatic carbocycles. The van der Waals surface area contributed by atoms with Gasteiger partial charge in [0.15, 0.2) is 11.5 Å². The second-order valence-electron chi connectivity index (χ2n) is 4.65. The molecule has 0 aliphatic rings. The SMILES string of the molecule is COc1cc(/C=N\O)ccc1OCCOC(=O)c1ccc(Cl)cc1. The van der Waals surface area contributed by atoms with Crippen LogP contribution in [0.25, 0.3) is 0 Å². The van der Waals surface area contributed by atoms with Gasteiger partial charge in [0.2, 0.25) is 0 Å². The number of carbonyl (C=O) groups is 1. The average molecular weight is 350 g/mol. The second-order valence-corrected chi connectivity index (χ2v) is 5.08. The number of esters is 1. The van der Waals surface area contributed by atoms with E-state index in [-0.39, 0.29) is 13.2 Å². The van der Waals surface area contributed by atoms with E-state index in [9.17, 15) is 4.79 Å². The van der Waals surface area contributed by atoms with Crippen LogP contribution in [-0.4, -0.2) is 37.7 Å². The molecule has 0 heterocycles. The van der Waals surface area contributed by atoms with Gasteiger partial charge in [-0.2, -0.15) is 0 Å². The summed E-state index contributed by atoms with van der Waals surface area (Å²) < 4.78 is 15.9. The molecule has 6 nitrogen and oxygen atoms in total. The van der Waals surface area contributed by atoms with Crippen molar-refractivity contribution >= 4 is 23.8 Å². The molecule has 1 N–H and O–H groups in total. The number of halogens is 1. The van der Waals surface area contributed by atoms with Crippen LogP contribution in [0.3, 0.4) is 0 Å². The molecule has 2 aromatic carbocycles. The summed E-state index contributed by atoms with van der Waals surface area (Å²) in [6.45, 7) is 0.258. The van der Waals surface area contributed by atoms with Crippen LogP contribution in [0.15, 0.2) is 47.6 Å². The Labute approximate surface area is 144 Å². The van der Waals surface area contributed by atoms with Crippen molar-refractivity contribution in [1.29, 1.82) is 0 Å². The summed E-state index contributed by atoms with van der Waals surface area (Å²) in [7, 11) is 1.50. The standard InChI is InChI=1S/C17H16ClNO5/c1-22-16-10-12(11-19-21)2-7-15(16)23-8-9-24-17(20)13-3-5-14(18)6-4-13/h2-7,10-11,21H,8-9H2,1H3/b19-11-. The lowest BCUT2D eigenvalue weighted by Crippen LogP contribution is -2.12. The number of rotatable bonds is 7. The third-order valence-electron chi connectivity index (χ3n) is 3.05. The lowest BCUT2D eigenvalue weighted by atomic mass is 10.2. The number of benzene rings is 2. The van der Waals surface area contributed by atoms with Crippen molar-refractivity contribution in [2.24, 2.45) is 5.16 Å². The number of hydrogen-bond acceptors (Lipinski definition) is 6. The summed E-state index contributed by atoms with van der Waals surface area (Å²) in [4.78, 5) is 11.8. The van der Waals surface area contributed by atoms with E-state index in [4.69, 9.17) is 31.0 Å². The predicted octanol–water partition coefficient (Wildman–Crippen LogP) is 3.39. The molecule has 0 saturated carbocycles. The Morgan fingerprint density at radius 2 is 1.92 bits per heavy atom. The van der Waals surface area contributed by atoms with Crippen LogP contribution in [0.1, 0.15) is 15.9 Å². The maximum Gasteiger partial charge on any atom is 0.338 e. The molecule has 0 aromatic heterocycles. The molecule has 0 fully saturated rings. The van der Waals surface area contributed by atoms with Gasteiger partial charge in [-0.15, -0.1) is 0 Å². The minimum absolute atomic E-state index is 0.0878. The fraction of sp³-hybridized carbons (Fsp3) is 0.176. The summed E-state index contributed by atoms with van der Waals surface area (Å²) >= 11 is 5.76. The molecule has 0 aliphatic heterocycles. The van der Waals surface area contributed by atoms with Gasteiger partial charge in [0.25, 0.3) is 0 Å². The van der Waals surface area contributed by atoms with Gasteiger partial charge < -0.3 is 19.4 Å². The van der Waals surface area contributed by atoms with Gasteiger partial charge in [-0.05, 0) is 42.5 Å². The van der Waals surface area contributed by atoms with Gasteiger partial charge in [0.05, 0.1) is 18.9 Å². The van der Waals surface area contributed by atoms with E-state index in [2.05, 4.69) is 5.16 Å². The van der Waals surface area contributed by atoms with Crippen LogP contribution in [0.4, 0.5) is 0 Å². The first-order valence-electron chi connectivity index (χ1n) is 7.05. The van der Waals surface area contributed by atoms with Crippen molar-refractivity contribution in [2.45, 2.75) is 0 Å². The van der Waals surface area contributed by atoms with E-state index in [1.165, 1.54) is 13.3 Å². The Hall–Kier alpha value is -2.73. The summed E-state index contributed by atoms with van der Waals surface area (Å²) in [5.41, 5.74) is 1.08. The topological polar surface area (TPSA) is 77.3 Å². The molecule has 0 amide bonds. The number of ether oxygens (including phenoxy) is 3. The fourth-order valence-electron chi connectivity index (χ4n) is 1.91. The number of hydrogen-bond donors (Lipinski definition) is 1. The van der Waals surface area contributed by atoms with E-state index in [1.807, 2.05) is 0 Å². The summed E-state index contributed by atoms with van der Waals surface area (Å²) in [6, 6.07) is 11.5. The Balaban J connectivity index is 1.85. The molecule has 7 heteroatoms. The Bertz CT molecular complexity index is 715. The van der Waals surface area contributed by atoms with Crippen molar-refractivity contribution < 1.29 is 24.2 Å². The van der Waals surface area contributed by atoms with E-state index in [0.29, 0.717) is 27.6 Å². The zero-order chi connectivity index (χ0) is 17.4. The van der Waals surface area contributed by atoms with Crippen molar-refractivity contribution in [3.63, 3.8) is 0 Å². The van der Waals surface area contributed by atoms with Crippen LogP contribution in [0.2, 0.25) is 5.02 Å². The van der Waals surface area contributed by atoms with E-state index < -0.39 is 5.97 Å². The first kappa shape index (κ1) is 17.6. The lowest BCUT2D eigenvalue weighted by Gasteiger charge is -2.11. The molecular weight excluding hydrogens is 334 g/mol. The predicted molar refractivity (Wildman–Crippen MR) is 89.6 cm³/mol. The summed E-state index contributed by atoms with van der Waals surface area (Å²) in [6.07, 6.45) is 1.28. The fourth-order valence-corrected chi connectivity index (χ4v) is 2.03. The number of oxime groups is 1. The normalized spacial score (nSPS) is 10.6. The third-order valence-corrected chi connectivity index (χ3v) is 3.30. The van der Waals surface area contributed by atoms with Gasteiger partial charge in [-0.3, -0.25) is 0 Å². The molecule has 0 radical (unpaired) electrons. The minimum atomic E-state index is -0.447. The highest BCUT2D eigenvalue weighted by Gasteiger charge is 2.08.